The fourth-order valence-electron chi connectivity index (χ4n) is 2.93. The first kappa shape index (κ1) is 16.2. The Morgan fingerprint density at radius 1 is 0.731 bits per heavy atom. The molecule has 126 valence electrons. The summed E-state index contributed by atoms with van der Waals surface area (Å²) in [6, 6.07) is 29.6. The van der Waals surface area contributed by atoms with Crippen molar-refractivity contribution in [2.75, 3.05) is 5.01 Å². The molecule has 4 nitrogen and oxygen atoms in total. The van der Waals surface area contributed by atoms with Gasteiger partial charge < -0.3 is 0 Å². The van der Waals surface area contributed by atoms with Gasteiger partial charge in [0.25, 0.3) is 0 Å². The number of para-hydroxylation sites is 1. The first-order valence-electron chi connectivity index (χ1n) is 8.26. The van der Waals surface area contributed by atoms with E-state index in [1.165, 1.54) is 0 Å². The van der Waals surface area contributed by atoms with Crippen LogP contribution in [0.1, 0.15) is 11.1 Å². The number of benzene rings is 3. The monoisotopic (exact) mass is 357 g/mol. The van der Waals surface area contributed by atoms with Crippen LogP contribution in [0.2, 0.25) is 0 Å². The molecule has 0 radical (unpaired) electrons. The van der Waals surface area contributed by atoms with E-state index >= 15 is 0 Å². The zero-order valence-electron chi connectivity index (χ0n) is 13.9. The van der Waals surface area contributed by atoms with Crippen LogP contribution < -0.4 is 10.5 Å². The van der Waals surface area contributed by atoms with Crippen LogP contribution in [0.3, 0.4) is 0 Å². The number of anilines is 1. The molecular weight excluding hydrogens is 341 g/mol. The van der Waals surface area contributed by atoms with Gasteiger partial charge in [0.2, 0.25) is 0 Å². The van der Waals surface area contributed by atoms with E-state index in [0.717, 1.165) is 22.5 Å². The normalized spacial score (nSPS) is 14.2. The predicted octanol–water partition coefficient (Wildman–Crippen LogP) is 5.08. The molecule has 5 heteroatoms. The number of hydrogen-bond acceptors (Lipinski definition) is 4. The molecule has 0 fully saturated rings. The highest BCUT2D eigenvalue weighted by Gasteiger charge is 2.27. The van der Waals surface area contributed by atoms with Crippen molar-refractivity contribution in [3.8, 4) is 0 Å². The first-order chi connectivity index (χ1) is 12.9. The Balaban J connectivity index is 1.92. The standard InChI is InChI=1S/C21H16N3OP/c25-26-21-19(16-10-4-1-5-11-16)22-23-24(18-14-8-3-9-15-18)20(21)17-12-6-2-7-13-17/h1-15,23H. The van der Waals surface area contributed by atoms with Crippen molar-refractivity contribution in [1.82, 2.24) is 5.53 Å². The van der Waals surface area contributed by atoms with Crippen LogP contribution in [-0.2, 0) is 4.57 Å². The van der Waals surface area contributed by atoms with Crippen molar-refractivity contribution in [2.45, 2.75) is 0 Å². The van der Waals surface area contributed by atoms with Crippen molar-refractivity contribution in [3.63, 3.8) is 0 Å². The molecule has 0 aliphatic carbocycles. The molecule has 1 N–H and O–H groups in total. The lowest BCUT2D eigenvalue weighted by molar-refractivity contribution is 0.602. The zero-order chi connectivity index (χ0) is 17.8. The van der Waals surface area contributed by atoms with Gasteiger partial charge in [-0.3, -0.25) is 4.57 Å². The second-order valence-electron chi connectivity index (χ2n) is 5.75. The molecule has 1 heterocycles. The third-order valence-corrected chi connectivity index (χ3v) is 4.74. The molecule has 0 saturated carbocycles. The van der Waals surface area contributed by atoms with E-state index in [0.29, 0.717) is 11.0 Å². The quantitative estimate of drug-likeness (QED) is 0.663. The Kier molecular flexibility index (Phi) is 4.59. The Labute approximate surface area is 153 Å². The molecule has 0 saturated heterocycles. The van der Waals surface area contributed by atoms with E-state index in [1.807, 2.05) is 96.0 Å². The third-order valence-electron chi connectivity index (χ3n) is 4.13. The molecule has 1 aliphatic heterocycles. The molecule has 0 bridgehead atoms. The minimum absolute atomic E-state index is 0.0830. The van der Waals surface area contributed by atoms with Crippen LogP contribution in [0.4, 0.5) is 5.69 Å². The number of allylic oxidation sites excluding steroid dienone is 1. The van der Waals surface area contributed by atoms with Gasteiger partial charge >= 0.3 is 0 Å². The molecule has 3 aromatic carbocycles. The number of hydrogen-bond donors (Lipinski definition) is 1. The lowest BCUT2D eigenvalue weighted by Crippen LogP contribution is -2.38. The van der Waals surface area contributed by atoms with Gasteiger partial charge in [0.05, 0.1) is 16.7 Å². The SMILES string of the molecule is O=PC1=C(c2ccccc2)N(c2ccccc2)NN=C1c1ccccc1. The van der Waals surface area contributed by atoms with Gasteiger partial charge in [-0.2, -0.15) is 5.10 Å². The van der Waals surface area contributed by atoms with Crippen LogP contribution in [0, 0.1) is 0 Å². The highest BCUT2D eigenvalue weighted by molar-refractivity contribution is 7.32. The summed E-state index contributed by atoms with van der Waals surface area (Å²) in [6.07, 6.45) is 0. The van der Waals surface area contributed by atoms with E-state index < -0.39 is 0 Å². The van der Waals surface area contributed by atoms with Crippen molar-refractivity contribution in [1.29, 1.82) is 0 Å². The molecule has 0 spiro atoms. The van der Waals surface area contributed by atoms with E-state index in [1.54, 1.807) is 0 Å². The molecular formula is C21H16N3OP. The molecule has 4 rings (SSSR count). The van der Waals surface area contributed by atoms with Gasteiger partial charge in [0, 0.05) is 11.1 Å². The third kappa shape index (κ3) is 3.03. The van der Waals surface area contributed by atoms with Gasteiger partial charge in [0.1, 0.15) is 5.71 Å². The van der Waals surface area contributed by atoms with Gasteiger partial charge in [-0.05, 0) is 12.1 Å². The molecule has 0 amide bonds. The lowest BCUT2D eigenvalue weighted by Gasteiger charge is -2.31. The smallest absolute Gasteiger partial charge is 0.196 e. The van der Waals surface area contributed by atoms with E-state index in [2.05, 4.69) is 10.6 Å². The van der Waals surface area contributed by atoms with Gasteiger partial charge in [-0.25, -0.2) is 10.5 Å². The number of hydrazine groups is 1. The number of nitrogens with one attached hydrogen (secondary N) is 1. The summed E-state index contributed by atoms with van der Waals surface area (Å²) < 4.78 is 12.2. The summed E-state index contributed by atoms with van der Waals surface area (Å²) >= 11 is 0. The van der Waals surface area contributed by atoms with Crippen LogP contribution in [-0.4, -0.2) is 5.71 Å². The minimum Gasteiger partial charge on any atom is -0.269 e. The van der Waals surface area contributed by atoms with Crippen LogP contribution in [0.5, 0.6) is 0 Å². The molecule has 0 aromatic heterocycles. The number of rotatable bonds is 4. The maximum atomic E-state index is 12.2. The first-order valence-corrected chi connectivity index (χ1v) is 9.07. The zero-order valence-corrected chi connectivity index (χ0v) is 14.8. The molecule has 0 unspecified atom stereocenters. The summed E-state index contributed by atoms with van der Waals surface area (Å²) in [4.78, 5) is 0. The minimum atomic E-state index is -0.0830. The highest BCUT2D eigenvalue weighted by atomic mass is 31.1. The maximum Gasteiger partial charge on any atom is 0.196 e. The molecule has 26 heavy (non-hydrogen) atoms. The molecule has 3 aromatic rings. The topological polar surface area (TPSA) is 44.7 Å². The Hall–Kier alpha value is -3.23. The second-order valence-corrected chi connectivity index (χ2v) is 6.38. The van der Waals surface area contributed by atoms with Crippen LogP contribution in [0.15, 0.2) is 101 Å². The van der Waals surface area contributed by atoms with Crippen molar-refractivity contribution >= 4 is 25.6 Å². The van der Waals surface area contributed by atoms with Crippen molar-refractivity contribution in [2.24, 2.45) is 5.10 Å². The average Bonchev–Trinajstić information content (AvgIpc) is 2.74. The second kappa shape index (κ2) is 7.34. The van der Waals surface area contributed by atoms with Crippen LogP contribution >= 0.6 is 8.46 Å². The fourth-order valence-corrected chi connectivity index (χ4v) is 3.51. The number of hydrazone groups is 1. The van der Waals surface area contributed by atoms with E-state index in [4.69, 9.17) is 0 Å². The molecule has 1 aliphatic rings. The van der Waals surface area contributed by atoms with Gasteiger partial charge in [-0.15, -0.1) is 0 Å². The maximum absolute atomic E-state index is 12.2. The Bertz CT molecular complexity index is 970. The summed E-state index contributed by atoms with van der Waals surface area (Å²) in [5, 5.41) is 7.02. The van der Waals surface area contributed by atoms with E-state index in [9.17, 15) is 4.57 Å². The lowest BCUT2D eigenvalue weighted by atomic mass is 10.0. The summed E-state index contributed by atoms with van der Waals surface area (Å²) in [5.74, 6) is 0. The van der Waals surface area contributed by atoms with Gasteiger partial charge in [0.15, 0.2) is 8.46 Å². The van der Waals surface area contributed by atoms with Crippen molar-refractivity contribution in [3.05, 3.63) is 107 Å². The van der Waals surface area contributed by atoms with E-state index in [-0.39, 0.29) is 8.46 Å². The predicted molar refractivity (Wildman–Crippen MR) is 106 cm³/mol. The Morgan fingerprint density at radius 3 is 1.85 bits per heavy atom. The summed E-state index contributed by atoms with van der Waals surface area (Å²) in [7, 11) is -0.0830. The fraction of sp³-hybridized carbons (Fsp3) is 0. The summed E-state index contributed by atoms with van der Waals surface area (Å²) in [6.45, 7) is 0. The number of nitrogens with zero attached hydrogens (tertiary/aromatic N) is 2. The average molecular weight is 357 g/mol. The Morgan fingerprint density at radius 2 is 1.27 bits per heavy atom. The molecule has 0 atom stereocenters. The largest absolute Gasteiger partial charge is 0.269 e. The summed E-state index contributed by atoms with van der Waals surface area (Å²) in [5.41, 5.74) is 7.41. The van der Waals surface area contributed by atoms with Gasteiger partial charge in [-0.1, -0.05) is 78.9 Å². The van der Waals surface area contributed by atoms with Crippen molar-refractivity contribution < 1.29 is 4.57 Å². The van der Waals surface area contributed by atoms with Crippen LogP contribution in [0.25, 0.3) is 5.70 Å². The highest BCUT2D eigenvalue weighted by Crippen LogP contribution is 2.36.